The molecular weight excluding hydrogens is 635 g/mol. The molecule has 0 bridgehead atoms. The summed E-state index contributed by atoms with van der Waals surface area (Å²) in [6, 6.07) is 32.6. The van der Waals surface area contributed by atoms with Gasteiger partial charge in [-0.2, -0.15) is 0 Å². The Labute approximate surface area is 314 Å². The van der Waals surface area contributed by atoms with Crippen LogP contribution in [0.2, 0.25) is 0 Å². The molecule has 0 aliphatic rings. The minimum absolute atomic E-state index is 0.176. The van der Waals surface area contributed by atoms with E-state index in [1.807, 2.05) is 12.4 Å². The molecule has 0 amide bonds. The lowest BCUT2D eigenvalue weighted by molar-refractivity contribution is 0.410. The topological polar surface area (TPSA) is 45.2 Å². The van der Waals surface area contributed by atoms with Crippen molar-refractivity contribution in [3.05, 3.63) is 126 Å². The highest BCUT2D eigenvalue weighted by molar-refractivity contribution is 5.77. The molecular formula is C47H61N5. The van der Waals surface area contributed by atoms with Crippen molar-refractivity contribution >= 4 is 34.6 Å². The van der Waals surface area contributed by atoms with Crippen molar-refractivity contribution in [1.29, 1.82) is 0 Å². The molecule has 0 saturated heterocycles. The zero-order valence-electron chi connectivity index (χ0n) is 33.9. The average Bonchev–Trinajstić information content (AvgIpc) is 3.02. The van der Waals surface area contributed by atoms with Crippen LogP contribution < -0.4 is 9.80 Å². The van der Waals surface area contributed by atoms with Gasteiger partial charge in [-0.15, -0.1) is 0 Å². The first-order chi connectivity index (χ1) is 24.2. The van der Waals surface area contributed by atoms with E-state index in [-0.39, 0.29) is 21.7 Å². The van der Waals surface area contributed by atoms with E-state index >= 15 is 0 Å². The average molecular weight is 696 g/mol. The second-order valence-corrected chi connectivity index (χ2v) is 19.4. The smallest absolute Gasteiger partial charge is 0.141 e. The van der Waals surface area contributed by atoms with Crippen LogP contribution in [0.25, 0.3) is 0 Å². The van der Waals surface area contributed by atoms with Crippen molar-refractivity contribution < 1.29 is 0 Å². The van der Waals surface area contributed by atoms with Crippen molar-refractivity contribution in [2.24, 2.45) is 21.7 Å². The second kappa shape index (κ2) is 15.2. The lowest BCUT2D eigenvalue weighted by atomic mass is 9.88. The zero-order valence-corrected chi connectivity index (χ0v) is 33.9. The Morgan fingerprint density at radius 2 is 0.673 bits per heavy atom. The van der Waals surface area contributed by atoms with Gasteiger partial charge in [0.15, 0.2) is 0 Å². The Morgan fingerprint density at radius 1 is 0.365 bits per heavy atom. The first-order valence-corrected chi connectivity index (χ1v) is 18.9. The maximum atomic E-state index is 5.38. The molecule has 0 unspecified atom stereocenters. The van der Waals surface area contributed by atoms with Gasteiger partial charge >= 0.3 is 0 Å². The fraction of sp³-hybridized carbons (Fsp3) is 0.426. The zero-order chi connectivity index (χ0) is 37.9. The molecule has 5 aromatic rings. The van der Waals surface area contributed by atoms with E-state index in [0.29, 0.717) is 0 Å². The van der Waals surface area contributed by atoms with E-state index in [0.717, 1.165) is 60.3 Å². The molecule has 3 heterocycles. The Hall–Kier alpha value is -4.51. The van der Waals surface area contributed by atoms with Gasteiger partial charge in [0.2, 0.25) is 0 Å². The fourth-order valence-corrected chi connectivity index (χ4v) is 6.71. The largest absolute Gasteiger partial charge is 0.279 e. The highest BCUT2D eigenvalue weighted by Gasteiger charge is 2.22. The van der Waals surface area contributed by atoms with Crippen LogP contribution >= 0.6 is 0 Å². The highest BCUT2D eigenvalue weighted by atomic mass is 15.3. The summed E-state index contributed by atoms with van der Waals surface area (Å²) in [6.07, 6.45) is 7.96. The van der Waals surface area contributed by atoms with Crippen molar-refractivity contribution in [1.82, 2.24) is 15.0 Å². The third kappa shape index (κ3) is 11.2. The van der Waals surface area contributed by atoms with Gasteiger partial charge in [0.1, 0.15) is 23.3 Å². The summed E-state index contributed by atoms with van der Waals surface area (Å²) in [4.78, 5) is 19.8. The summed E-state index contributed by atoms with van der Waals surface area (Å²) in [5.74, 6) is 3.23. The van der Waals surface area contributed by atoms with Crippen molar-refractivity contribution in [2.75, 3.05) is 9.80 Å². The van der Waals surface area contributed by atoms with Crippen LogP contribution in [0.3, 0.4) is 0 Å². The predicted molar refractivity (Wildman–Crippen MR) is 222 cm³/mol. The molecule has 5 nitrogen and oxygen atoms in total. The maximum Gasteiger partial charge on any atom is 0.141 e. The standard InChI is InChI=1S/C47H61N5/c1-44(2,3)28-34-16-22-38(23-17-34)51(40-26-20-36(32-48-40)30-46(7,8)9)42-14-13-15-43(50-42)52(39-24-18-35(19-25-39)29-45(4,5)6)41-27-21-37(33-49-41)31-47(10,11)12/h13-27,32-33H,28-31H2,1-12H3. The molecule has 0 fully saturated rings. The van der Waals surface area contributed by atoms with E-state index in [2.05, 4.69) is 184 Å². The third-order valence-corrected chi connectivity index (χ3v) is 8.58. The number of hydrogen-bond donors (Lipinski definition) is 0. The van der Waals surface area contributed by atoms with E-state index in [4.69, 9.17) is 15.0 Å². The van der Waals surface area contributed by atoms with Gasteiger partial charge in [0.05, 0.1) is 0 Å². The lowest BCUT2D eigenvalue weighted by Gasteiger charge is -2.28. The van der Waals surface area contributed by atoms with E-state index in [9.17, 15) is 0 Å². The lowest BCUT2D eigenvalue weighted by Crippen LogP contribution is -2.18. The molecule has 0 atom stereocenters. The quantitative estimate of drug-likeness (QED) is 0.145. The van der Waals surface area contributed by atoms with Crippen LogP contribution in [0.5, 0.6) is 0 Å². The Balaban J connectivity index is 1.60. The number of aromatic nitrogens is 3. The van der Waals surface area contributed by atoms with Crippen LogP contribution in [-0.2, 0) is 25.7 Å². The number of nitrogens with zero attached hydrogens (tertiary/aromatic N) is 5. The molecule has 0 aliphatic heterocycles. The molecule has 0 saturated carbocycles. The summed E-state index contributed by atoms with van der Waals surface area (Å²) >= 11 is 0. The molecule has 3 aromatic heterocycles. The van der Waals surface area contributed by atoms with Crippen molar-refractivity contribution in [3.63, 3.8) is 0 Å². The summed E-state index contributed by atoms with van der Waals surface area (Å²) in [6.45, 7) is 27.3. The number of anilines is 6. The Morgan fingerprint density at radius 3 is 0.962 bits per heavy atom. The monoisotopic (exact) mass is 695 g/mol. The van der Waals surface area contributed by atoms with Gasteiger partial charge in [0, 0.05) is 23.8 Å². The Bertz CT molecular complexity index is 1620. The van der Waals surface area contributed by atoms with Crippen molar-refractivity contribution in [2.45, 2.75) is 109 Å². The predicted octanol–water partition coefficient (Wildman–Crippen LogP) is 13.2. The molecule has 5 rings (SSSR count). The first-order valence-electron chi connectivity index (χ1n) is 18.9. The van der Waals surface area contributed by atoms with Crippen molar-refractivity contribution in [3.8, 4) is 0 Å². The van der Waals surface area contributed by atoms with Gasteiger partial charge < -0.3 is 0 Å². The molecule has 0 spiro atoms. The Kier molecular flexibility index (Phi) is 11.3. The van der Waals surface area contributed by atoms with E-state index < -0.39 is 0 Å². The van der Waals surface area contributed by atoms with Crippen LogP contribution in [0, 0.1) is 21.7 Å². The second-order valence-electron chi connectivity index (χ2n) is 19.4. The van der Waals surface area contributed by atoms with Crippen LogP contribution in [0.4, 0.5) is 34.6 Å². The van der Waals surface area contributed by atoms with Gasteiger partial charge in [-0.1, -0.05) is 126 Å². The van der Waals surface area contributed by atoms with E-state index in [1.54, 1.807) is 0 Å². The number of hydrogen-bond acceptors (Lipinski definition) is 5. The third-order valence-electron chi connectivity index (χ3n) is 8.58. The molecule has 0 aliphatic carbocycles. The molecule has 274 valence electrons. The number of rotatable bonds is 10. The summed E-state index contributed by atoms with van der Waals surface area (Å²) in [7, 11) is 0. The number of benzene rings is 2. The molecule has 5 heteroatoms. The number of pyridine rings is 3. The fourth-order valence-electron chi connectivity index (χ4n) is 6.71. The molecule has 52 heavy (non-hydrogen) atoms. The van der Waals surface area contributed by atoms with Gasteiger partial charge in [0.25, 0.3) is 0 Å². The normalized spacial score (nSPS) is 12.5. The molecule has 0 N–H and O–H groups in total. The first kappa shape index (κ1) is 38.7. The molecule has 2 aromatic carbocycles. The maximum absolute atomic E-state index is 5.38. The van der Waals surface area contributed by atoms with Crippen LogP contribution in [0.1, 0.15) is 105 Å². The van der Waals surface area contributed by atoms with Crippen LogP contribution in [0.15, 0.2) is 103 Å². The van der Waals surface area contributed by atoms with Gasteiger partial charge in [-0.05, 0) is 118 Å². The van der Waals surface area contributed by atoms with Gasteiger partial charge in [-0.25, -0.2) is 15.0 Å². The molecule has 0 radical (unpaired) electrons. The highest BCUT2D eigenvalue weighted by Crippen LogP contribution is 2.38. The minimum atomic E-state index is 0.176. The summed E-state index contributed by atoms with van der Waals surface area (Å²) < 4.78 is 0. The minimum Gasteiger partial charge on any atom is -0.279 e. The van der Waals surface area contributed by atoms with Crippen LogP contribution in [-0.4, -0.2) is 15.0 Å². The SMILES string of the molecule is CC(C)(C)Cc1ccc(N(c2ccc(CC(C)(C)C)cn2)c2cccc(N(c3ccc(CC(C)(C)C)cc3)c3ccc(CC(C)(C)C)cn3)n2)cc1. The summed E-state index contributed by atoms with van der Waals surface area (Å²) in [5.41, 5.74) is 7.86. The van der Waals surface area contributed by atoms with Gasteiger partial charge in [-0.3, -0.25) is 9.80 Å². The summed E-state index contributed by atoms with van der Waals surface area (Å²) in [5, 5.41) is 0. The van der Waals surface area contributed by atoms with E-state index in [1.165, 1.54) is 22.3 Å².